The summed E-state index contributed by atoms with van der Waals surface area (Å²) in [6.07, 6.45) is 0.942. The minimum Gasteiger partial charge on any atom is -0.493 e. The summed E-state index contributed by atoms with van der Waals surface area (Å²) in [6.45, 7) is 4.73. The van der Waals surface area contributed by atoms with Gasteiger partial charge in [0.2, 0.25) is 0 Å². The number of nitrogens with two attached hydrogens (primary N) is 1. The smallest absolute Gasteiger partial charge is 0.189 e. The van der Waals surface area contributed by atoms with Crippen LogP contribution in [0.2, 0.25) is 0 Å². The van der Waals surface area contributed by atoms with E-state index in [0.29, 0.717) is 19.1 Å². The molecule has 2 atom stereocenters. The van der Waals surface area contributed by atoms with E-state index in [1.165, 1.54) is 5.56 Å². The van der Waals surface area contributed by atoms with Crippen LogP contribution in [0.1, 0.15) is 23.6 Å². The summed E-state index contributed by atoms with van der Waals surface area (Å²) >= 11 is 0. The van der Waals surface area contributed by atoms with Gasteiger partial charge in [-0.3, -0.25) is 9.89 Å². The molecule has 0 bridgehead atoms. The van der Waals surface area contributed by atoms with E-state index < -0.39 is 0 Å². The maximum atomic E-state index is 6.17. The molecular formula is C22H28N4O2. The first-order chi connectivity index (χ1) is 13.8. The Morgan fingerprint density at radius 2 is 1.93 bits per heavy atom. The van der Waals surface area contributed by atoms with Crippen molar-refractivity contribution in [3.05, 3.63) is 65.7 Å². The summed E-state index contributed by atoms with van der Waals surface area (Å²) < 4.78 is 11.6. The molecule has 2 aromatic carbocycles. The molecule has 0 aromatic heterocycles. The summed E-state index contributed by atoms with van der Waals surface area (Å²) in [7, 11) is 0. The number of aliphatic imine (C=N–C) groups is 1. The van der Waals surface area contributed by atoms with E-state index in [1.54, 1.807) is 0 Å². The number of nitrogens with one attached hydrogen (secondary N) is 1. The van der Waals surface area contributed by atoms with Gasteiger partial charge in [0.15, 0.2) is 5.96 Å². The van der Waals surface area contributed by atoms with Gasteiger partial charge < -0.3 is 20.5 Å². The molecule has 2 unspecified atom stereocenters. The zero-order valence-corrected chi connectivity index (χ0v) is 16.1. The van der Waals surface area contributed by atoms with E-state index in [4.69, 9.17) is 15.2 Å². The maximum Gasteiger partial charge on any atom is 0.189 e. The van der Waals surface area contributed by atoms with Crippen molar-refractivity contribution in [2.75, 3.05) is 32.8 Å². The molecule has 0 spiro atoms. The highest BCUT2D eigenvalue weighted by Crippen LogP contribution is 2.31. The number of benzene rings is 2. The number of fused-ring (bicyclic) bond motifs is 1. The molecule has 2 aromatic rings. The number of ether oxygens (including phenoxy) is 2. The number of para-hydroxylation sites is 1. The van der Waals surface area contributed by atoms with Crippen molar-refractivity contribution in [3.8, 4) is 5.75 Å². The molecule has 0 saturated carbocycles. The van der Waals surface area contributed by atoms with E-state index in [9.17, 15) is 0 Å². The van der Waals surface area contributed by atoms with Crippen LogP contribution in [0.5, 0.6) is 5.75 Å². The molecule has 2 aliphatic rings. The summed E-state index contributed by atoms with van der Waals surface area (Å²) in [5, 5.41) is 3.34. The van der Waals surface area contributed by atoms with Crippen molar-refractivity contribution in [2.24, 2.45) is 10.7 Å². The molecule has 3 N–H and O–H groups in total. The molecule has 0 radical (unpaired) electrons. The molecule has 4 rings (SSSR count). The second kappa shape index (κ2) is 9.08. The zero-order valence-electron chi connectivity index (χ0n) is 16.1. The first-order valence-electron chi connectivity index (χ1n) is 9.94. The highest BCUT2D eigenvalue weighted by Gasteiger charge is 2.22. The number of rotatable bonds is 5. The molecule has 6 heteroatoms. The minimum atomic E-state index is 0.0692. The second-order valence-electron chi connectivity index (χ2n) is 7.31. The second-order valence-corrected chi connectivity index (χ2v) is 7.31. The number of guanidine groups is 1. The summed E-state index contributed by atoms with van der Waals surface area (Å²) in [5.41, 5.74) is 8.63. The van der Waals surface area contributed by atoms with Gasteiger partial charge >= 0.3 is 0 Å². The SMILES string of the molecule is NC(=NCC1CN(Cc2ccccc2)CCO1)NC1CCOc2ccccc21. The predicted octanol–water partition coefficient (Wildman–Crippen LogP) is 2.32. The third kappa shape index (κ3) is 4.82. The lowest BCUT2D eigenvalue weighted by Crippen LogP contribution is -2.44. The maximum absolute atomic E-state index is 6.17. The van der Waals surface area contributed by atoms with Crippen LogP contribution in [-0.4, -0.2) is 49.8 Å². The molecule has 6 nitrogen and oxygen atoms in total. The first kappa shape index (κ1) is 18.8. The fraction of sp³-hybridized carbons (Fsp3) is 0.409. The van der Waals surface area contributed by atoms with Gasteiger partial charge in [-0.05, 0) is 11.6 Å². The third-order valence-corrected chi connectivity index (χ3v) is 5.22. The summed E-state index contributed by atoms with van der Waals surface area (Å²) in [5.74, 6) is 1.39. The van der Waals surface area contributed by atoms with Crippen molar-refractivity contribution in [2.45, 2.75) is 25.1 Å². The minimum absolute atomic E-state index is 0.0692. The molecule has 1 fully saturated rings. The lowest BCUT2D eigenvalue weighted by molar-refractivity contribution is -0.0258. The predicted molar refractivity (Wildman–Crippen MR) is 110 cm³/mol. The molecule has 28 heavy (non-hydrogen) atoms. The molecule has 2 aliphatic heterocycles. The summed E-state index contributed by atoms with van der Waals surface area (Å²) in [4.78, 5) is 6.96. The van der Waals surface area contributed by atoms with Crippen LogP contribution < -0.4 is 15.8 Å². The Balaban J connectivity index is 1.30. The standard InChI is InChI=1S/C22H28N4O2/c23-22(25-20-10-12-28-21-9-5-4-8-19(20)21)24-14-18-16-26(11-13-27-18)15-17-6-2-1-3-7-17/h1-9,18,20H,10-16H2,(H3,23,24,25). The van der Waals surface area contributed by atoms with Gasteiger partial charge in [-0.15, -0.1) is 0 Å². The topological polar surface area (TPSA) is 72.1 Å². The Hall–Kier alpha value is -2.57. The molecule has 2 heterocycles. The van der Waals surface area contributed by atoms with Crippen LogP contribution in [-0.2, 0) is 11.3 Å². The highest BCUT2D eigenvalue weighted by molar-refractivity contribution is 5.78. The Morgan fingerprint density at radius 1 is 1.11 bits per heavy atom. The average Bonchev–Trinajstić information content (AvgIpc) is 2.74. The van der Waals surface area contributed by atoms with Crippen LogP contribution in [0, 0.1) is 0 Å². The lowest BCUT2D eigenvalue weighted by Gasteiger charge is -2.32. The van der Waals surface area contributed by atoms with E-state index >= 15 is 0 Å². The van der Waals surface area contributed by atoms with E-state index in [0.717, 1.165) is 44.0 Å². The Kier molecular flexibility index (Phi) is 6.09. The van der Waals surface area contributed by atoms with E-state index in [1.807, 2.05) is 24.3 Å². The van der Waals surface area contributed by atoms with Crippen LogP contribution in [0.15, 0.2) is 59.6 Å². The van der Waals surface area contributed by atoms with Crippen molar-refractivity contribution < 1.29 is 9.47 Å². The van der Waals surface area contributed by atoms with Gasteiger partial charge in [0, 0.05) is 31.6 Å². The van der Waals surface area contributed by atoms with Crippen molar-refractivity contribution >= 4 is 5.96 Å². The number of morpholine rings is 1. The van der Waals surface area contributed by atoms with Crippen molar-refractivity contribution in [3.63, 3.8) is 0 Å². The number of hydrogen-bond donors (Lipinski definition) is 2. The molecule has 1 saturated heterocycles. The molecule has 148 valence electrons. The van der Waals surface area contributed by atoms with Crippen molar-refractivity contribution in [1.82, 2.24) is 10.2 Å². The first-order valence-corrected chi connectivity index (χ1v) is 9.94. The fourth-order valence-corrected chi connectivity index (χ4v) is 3.79. The average molecular weight is 380 g/mol. The van der Waals surface area contributed by atoms with Gasteiger partial charge in [-0.2, -0.15) is 0 Å². The van der Waals surface area contributed by atoms with E-state index in [2.05, 4.69) is 45.5 Å². The zero-order chi connectivity index (χ0) is 19.2. The third-order valence-electron chi connectivity index (χ3n) is 5.22. The number of nitrogens with zero attached hydrogens (tertiary/aromatic N) is 2. The quantitative estimate of drug-likeness (QED) is 0.615. The Morgan fingerprint density at radius 3 is 2.82 bits per heavy atom. The largest absolute Gasteiger partial charge is 0.493 e. The van der Waals surface area contributed by atoms with Crippen LogP contribution >= 0.6 is 0 Å². The van der Waals surface area contributed by atoms with E-state index in [-0.39, 0.29) is 12.1 Å². The fourth-order valence-electron chi connectivity index (χ4n) is 3.79. The normalized spacial score (nSPS) is 22.9. The van der Waals surface area contributed by atoms with Gasteiger partial charge in [0.25, 0.3) is 0 Å². The van der Waals surface area contributed by atoms with Crippen molar-refractivity contribution in [1.29, 1.82) is 0 Å². The molecule has 0 amide bonds. The Labute approximate surface area is 166 Å². The number of hydrogen-bond acceptors (Lipinski definition) is 4. The van der Waals surface area contributed by atoms with Gasteiger partial charge in [-0.25, -0.2) is 0 Å². The summed E-state index contributed by atoms with van der Waals surface area (Å²) in [6, 6.07) is 18.7. The van der Waals surface area contributed by atoms with Gasteiger partial charge in [0.1, 0.15) is 5.75 Å². The Bertz CT molecular complexity index is 796. The monoisotopic (exact) mass is 380 g/mol. The molecular weight excluding hydrogens is 352 g/mol. The van der Waals surface area contributed by atoms with Crippen LogP contribution in [0.4, 0.5) is 0 Å². The van der Waals surface area contributed by atoms with Crippen LogP contribution in [0.25, 0.3) is 0 Å². The lowest BCUT2D eigenvalue weighted by atomic mass is 10.0. The van der Waals surface area contributed by atoms with Crippen LogP contribution in [0.3, 0.4) is 0 Å². The highest BCUT2D eigenvalue weighted by atomic mass is 16.5. The van der Waals surface area contributed by atoms with Gasteiger partial charge in [-0.1, -0.05) is 48.5 Å². The molecule has 0 aliphatic carbocycles. The van der Waals surface area contributed by atoms with Gasteiger partial charge in [0.05, 0.1) is 31.9 Å².